The number of epoxide rings is 2. The molecule has 0 aromatic rings. The summed E-state index contributed by atoms with van der Waals surface area (Å²) in [6.45, 7) is 0. The Morgan fingerprint density at radius 3 is 2.20 bits per heavy atom. The van der Waals surface area contributed by atoms with E-state index in [0.29, 0.717) is 0 Å². The molecule has 2 saturated heterocycles. The van der Waals surface area contributed by atoms with Gasteiger partial charge in [-0.1, -0.05) is 0 Å². The molecule has 2 aliphatic heterocycles. The van der Waals surface area contributed by atoms with Crippen LogP contribution in [-0.2, 0) is 19.0 Å². The molecule has 2 N–H and O–H groups in total. The Balaban J connectivity index is 1.82. The molecule has 0 radical (unpaired) electrons. The van der Waals surface area contributed by atoms with E-state index in [1.54, 1.807) is 0 Å². The first-order valence-electron chi connectivity index (χ1n) is 4.53. The second-order valence-electron chi connectivity index (χ2n) is 3.84. The van der Waals surface area contributed by atoms with Gasteiger partial charge in [-0.05, 0) is 0 Å². The lowest BCUT2D eigenvalue weighted by Crippen LogP contribution is -2.44. The van der Waals surface area contributed by atoms with E-state index in [-0.39, 0.29) is 12.2 Å². The summed E-state index contributed by atoms with van der Waals surface area (Å²) in [6, 6.07) is 0. The number of aliphatic carboxylic acids is 1. The first-order chi connectivity index (χ1) is 7.09. The highest BCUT2D eigenvalue weighted by Gasteiger charge is 2.72. The quantitative estimate of drug-likeness (QED) is 0.464. The number of fused-ring (bicyclic) bond motifs is 3. The van der Waals surface area contributed by atoms with Crippen LogP contribution >= 0.6 is 0 Å². The zero-order valence-electron chi connectivity index (χ0n) is 7.40. The fraction of sp³-hybridized carbons (Fsp3) is 0.750. The Labute approximate surface area is 83.5 Å². The Kier molecular flexibility index (Phi) is 1.56. The smallest absolute Gasteiger partial charge is 0.481 e. The zero-order valence-corrected chi connectivity index (χ0v) is 7.40. The Hall–Kier alpha value is -1.34. The van der Waals surface area contributed by atoms with Crippen LogP contribution in [0.3, 0.4) is 0 Å². The highest BCUT2D eigenvalue weighted by atomic mass is 16.7. The van der Waals surface area contributed by atoms with Crippen molar-refractivity contribution in [2.24, 2.45) is 5.92 Å². The van der Waals surface area contributed by atoms with Gasteiger partial charge in [0.2, 0.25) is 0 Å². The molecule has 6 atom stereocenters. The van der Waals surface area contributed by atoms with Crippen LogP contribution < -0.4 is 0 Å². The van der Waals surface area contributed by atoms with Gasteiger partial charge in [0.1, 0.15) is 30.3 Å². The van der Waals surface area contributed by atoms with Crippen molar-refractivity contribution in [3.05, 3.63) is 0 Å². The van der Waals surface area contributed by atoms with Gasteiger partial charge < -0.3 is 24.4 Å². The number of rotatable bonds is 2. The summed E-state index contributed by atoms with van der Waals surface area (Å²) in [6.07, 6.45) is -3.73. The van der Waals surface area contributed by atoms with E-state index in [2.05, 4.69) is 4.74 Å². The van der Waals surface area contributed by atoms with Crippen molar-refractivity contribution in [1.82, 2.24) is 0 Å². The van der Waals surface area contributed by atoms with Crippen molar-refractivity contribution in [2.75, 3.05) is 0 Å². The third kappa shape index (κ3) is 1.20. The summed E-state index contributed by atoms with van der Waals surface area (Å²) in [7, 11) is 0. The second-order valence-corrected chi connectivity index (χ2v) is 3.84. The lowest BCUT2D eigenvalue weighted by atomic mass is 9.86. The lowest BCUT2D eigenvalue weighted by molar-refractivity contribution is -0.147. The number of hydrogen-bond donors (Lipinski definition) is 2. The maximum atomic E-state index is 10.9. The topological polar surface area (TPSA) is 109 Å². The van der Waals surface area contributed by atoms with E-state index in [4.69, 9.17) is 19.7 Å². The molecular formula is C8H8O7. The highest BCUT2D eigenvalue weighted by molar-refractivity contribution is 5.73. The maximum absolute atomic E-state index is 10.9. The van der Waals surface area contributed by atoms with Gasteiger partial charge in [-0.15, -0.1) is 0 Å². The van der Waals surface area contributed by atoms with E-state index < -0.39 is 36.4 Å². The number of carboxylic acid groups (broad SMARTS) is 2. The third-order valence-corrected chi connectivity index (χ3v) is 3.00. The Morgan fingerprint density at radius 2 is 1.60 bits per heavy atom. The summed E-state index contributed by atoms with van der Waals surface area (Å²) < 4.78 is 14.8. The summed E-state index contributed by atoms with van der Waals surface area (Å²) >= 11 is 0. The molecule has 15 heavy (non-hydrogen) atoms. The molecule has 6 unspecified atom stereocenters. The zero-order chi connectivity index (χ0) is 10.7. The minimum atomic E-state index is -1.49. The van der Waals surface area contributed by atoms with Crippen molar-refractivity contribution in [3.63, 3.8) is 0 Å². The minimum absolute atomic E-state index is 0.185. The predicted octanol–water partition coefficient (Wildman–Crippen LogP) is -0.701. The van der Waals surface area contributed by atoms with E-state index >= 15 is 0 Å². The summed E-state index contributed by atoms with van der Waals surface area (Å²) in [4.78, 5) is 21.3. The Bertz CT molecular complexity index is 340. The minimum Gasteiger partial charge on any atom is -0.481 e. The molecule has 3 fully saturated rings. The molecular weight excluding hydrogens is 208 g/mol. The van der Waals surface area contributed by atoms with Crippen LogP contribution in [0.4, 0.5) is 4.79 Å². The van der Waals surface area contributed by atoms with Gasteiger partial charge in [0, 0.05) is 0 Å². The summed E-state index contributed by atoms with van der Waals surface area (Å²) in [5.74, 6) is -2.06. The molecule has 1 saturated carbocycles. The van der Waals surface area contributed by atoms with Crippen LogP contribution in [0.5, 0.6) is 0 Å². The molecule has 0 spiro atoms. The average molecular weight is 216 g/mol. The lowest BCUT2D eigenvalue weighted by Gasteiger charge is -2.21. The number of ether oxygens (including phenoxy) is 3. The molecule has 0 amide bonds. The van der Waals surface area contributed by atoms with Crippen molar-refractivity contribution in [2.45, 2.75) is 30.5 Å². The second kappa shape index (κ2) is 2.61. The number of hydrogen-bond acceptors (Lipinski definition) is 5. The van der Waals surface area contributed by atoms with Crippen LogP contribution in [0.1, 0.15) is 0 Å². The standard InChI is InChI=1S/C8H8O7/c9-7(10)1-2-4(13-2)6-5(14-6)3(1)15-8(11)12/h1-6H,(H,9,10)(H,11,12). The van der Waals surface area contributed by atoms with Gasteiger partial charge in [-0.3, -0.25) is 4.79 Å². The van der Waals surface area contributed by atoms with Gasteiger partial charge in [-0.25, -0.2) is 4.79 Å². The Morgan fingerprint density at radius 1 is 1.00 bits per heavy atom. The van der Waals surface area contributed by atoms with Gasteiger partial charge in [0.05, 0.1) is 0 Å². The van der Waals surface area contributed by atoms with Gasteiger partial charge >= 0.3 is 12.1 Å². The fourth-order valence-corrected chi connectivity index (χ4v) is 2.28. The molecule has 7 heteroatoms. The fourth-order valence-electron chi connectivity index (χ4n) is 2.28. The summed E-state index contributed by atoms with van der Waals surface area (Å²) in [5.41, 5.74) is 0. The summed E-state index contributed by atoms with van der Waals surface area (Å²) in [5, 5.41) is 17.4. The monoisotopic (exact) mass is 216 g/mol. The first kappa shape index (κ1) is 8.93. The van der Waals surface area contributed by atoms with Gasteiger partial charge in [-0.2, -0.15) is 0 Å². The molecule has 3 aliphatic rings. The number of carboxylic acids is 1. The van der Waals surface area contributed by atoms with E-state index in [9.17, 15) is 9.59 Å². The molecule has 2 heterocycles. The largest absolute Gasteiger partial charge is 0.506 e. The molecule has 0 aromatic carbocycles. The SMILES string of the molecule is O=C(O)OC1C2OC2C2OC2C1C(=O)O. The molecule has 82 valence electrons. The highest BCUT2D eigenvalue weighted by Crippen LogP contribution is 2.51. The van der Waals surface area contributed by atoms with Crippen molar-refractivity contribution in [3.8, 4) is 0 Å². The van der Waals surface area contributed by atoms with Crippen LogP contribution in [0.2, 0.25) is 0 Å². The third-order valence-electron chi connectivity index (χ3n) is 3.00. The first-order valence-corrected chi connectivity index (χ1v) is 4.53. The van der Waals surface area contributed by atoms with E-state index in [1.807, 2.05) is 0 Å². The van der Waals surface area contributed by atoms with Crippen molar-refractivity contribution < 1.29 is 34.0 Å². The van der Waals surface area contributed by atoms with Gasteiger partial charge in [0.25, 0.3) is 0 Å². The molecule has 7 nitrogen and oxygen atoms in total. The van der Waals surface area contributed by atoms with E-state index in [1.165, 1.54) is 0 Å². The normalized spacial score (nSPS) is 49.9. The van der Waals surface area contributed by atoms with Crippen LogP contribution in [-0.4, -0.2) is 52.9 Å². The molecule has 1 aliphatic carbocycles. The molecule has 0 bridgehead atoms. The van der Waals surface area contributed by atoms with Crippen molar-refractivity contribution in [1.29, 1.82) is 0 Å². The molecule has 3 rings (SSSR count). The van der Waals surface area contributed by atoms with Crippen molar-refractivity contribution >= 4 is 12.1 Å². The van der Waals surface area contributed by atoms with Crippen LogP contribution in [0.15, 0.2) is 0 Å². The van der Waals surface area contributed by atoms with Crippen LogP contribution in [0, 0.1) is 5.92 Å². The molecule has 0 aromatic heterocycles. The van der Waals surface area contributed by atoms with Crippen LogP contribution in [0.25, 0.3) is 0 Å². The average Bonchev–Trinajstić information content (AvgIpc) is 2.95. The predicted molar refractivity (Wildman–Crippen MR) is 41.3 cm³/mol. The maximum Gasteiger partial charge on any atom is 0.506 e. The number of carbonyl (C=O) groups is 2. The van der Waals surface area contributed by atoms with E-state index in [0.717, 1.165) is 0 Å². The van der Waals surface area contributed by atoms with Gasteiger partial charge in [0.15, 0.2) is 6.10 Å².